The average Bonchev–Trinajstić information content (AvgIpc) is 3.43. The summed E-state index contributed by atoms with van der Waals surface area (Å²) in [5.41, 5.74) is 4.51. The van der Waals surface area contributed by atoms with Crippen LogP contribution in [0, 0.1) is 5.92 Å². The average molecular weight is 519 g/mol. The lowest BCUT2D eigenvalue weighted by Crippen LogP contribution is -2.32. The van der Waals surface area contributed by atoms with Crippen molar-refractivity contribution < 1.29 is 14.6 Å². The fourth-order valence-corrected chi connectivity index (χ4v) is 6.46. The summed E-state index contributed by atoms with van der Waals surface area (Å²) in [4.78, 5) is 14.1. The van der Waals surface area contributed by atoms with Crippen LogP contribution in [0.2, 0.25) is 5.02 Å². The number of hydrogen-bond donors (Lipinski definition) is 0. The first kappa shape index (κ1) is 24.8. The Morgan fingerprint density at radius 3 is 2.50 bits per heavy atom. The summed E-state index contributed by atoms with van der Waals surface area (Å²) in [6, 6.07) is 22.2. The number of carboxylic acid groups (broad SMARTS) is 1. The second-order valence-electron chi connectivity index (χ2n) is 9.76. The minimum absolute atomic E-state index is 0.106. The maximum absolute atomic E-state index is 11.9. The molecular weight excluding hydrogens is 490 g/mol. The van der Waals surface area contributed by atoms with Crippen LogP contribution >= 0.6 is 23.4 Å². The van der Waals surface area contributed by atoms with Gasteiger partial charge in [0, 0.05) is 56.3 Å². The summed E-state index contributed by atoms with van der Waals surface area (Å²) in [5, 5.41) is 13.8. The van der Waals surface area contributed by atoms with Crippen LogP contribution in [0.1, 0.15) is 55.8 Å². The molecule has 4 aromatic rings. The molecule has 186 valence electrons. The number of aliphatic carboxylic acids is 1. The van der Waals surface area contributed by atoms with Gasteiger partial charge in [-0.15, -0.1) is 0 Å². The van der Waals surface area contributed by atoms with Crippen LogP contribution in [0.25, 0.3) is 10.9 Å². The van der Waals surface area contributed by atoms with Crippen LogP contribution in [0.3, 0.4) is 0 Å². The quantitative estimate of drug-likeness (QED) is 0.251. The predicted octanol–water partition coefficient (Wildman–Crippen LogP) is 7.02. The van der Waals surface area contributed by atoms with Gasteiger partial charge in [0.1, 0.15) is 12.4 Å². The van der Waals surface area contributed by atoms with Gasteiger partial charge < -0.3 is 19.2 Å². The number of ether oxygens (including phenoxy) is 1. The lowest BCUT2D eigenvalue weighted by Gasteiger charge is -2.21. The van der Waals surface area contributed by atoms with Crippen molar-refractivity contribution in [1.82, 2.24) is 4.57 Å². The van der Waals surface area contributed by atoms with E-state index in [1.165, 1.54) is 10.9 Å². The number of benzene rings is 3. The van der Waals surface area contributed by atoms with Crippen molar-refractivity contribution >= 4 is 40.2 Å². The molecule has 0 N–H and O–H groups in total. The van der Waals surface area contributed by atoms with E-state index in [0.717, 1.165) is 45.3 Å². The van der Waals surface area contributed by atoms with E-state index in [0.29, 0.717) is 11.6 Å². The standard InChI is InChI=1S/C30H30ClNO3S/c1-18(2)25-15-22(35-17-20-7-5-4-6-8-20)16-26-27(25)29(36-23-11-9-21(31)10-12-23)28-24(13-14-32(26)28)19(3)30(33)34/h4-12,15-16,18-19,24H,13-14,17H2,1-3H3,(H,33,34)/p-1. The SMILES string of the molecule is CC(C)c1cc(OCc2ccccc2)cc2c1c(Sc1ccc(Cl)cc1)c1n2CCC1C(C)C(=O)[O-]. The number of aromatic nitrogens is 1. The molecule has 0 amide bonds. The summed E-state index contributed by atoms with van der Waals surface area (Å²) in [6.07, 6.45) is 0.778. The Kier molecular flexibility index (Phi) is 7.05. The Morgan fingerprint density at radius 1 is 1.11 bits per heavy atom. The summed E-state index contributed by atoms with van der Waals surface area (Å²) in [6.45, 7) is 7.41. The summed E-state index contributed by atoms with van der Waals surface area (Å²) in [5.74, 6) is -0.591. The fraction of sp³-hybridized carbons (Fsp3) is 0.300. The Hall–Kier alpha value is -2.89. The third-order valence-corrected chi connectivity index (χ3v) is 8.43. The molecule has 0 saturated carbocycles. The van der Waals surface area contributed by atoms with Crippen molar-refractivity contribution in [2.24, 2.45) is 5.92 Å². The Bertz CT molecular complexity index is 1400. The lowest BCUT2D eigenvalue weighted by atomic mass is 9.89. The van der Waals surface area contributed by atoms with E-state index >= 15 is 0 Å². The molecular formula is C30H29ClNO3S-. The maximum atomic E-state index is 11.9. The van der Waals surface area contributed by atoms with Crippen molar-refractivity contribution in [3.63, 3.8) is 0 Å². The number of fused-ring (bicyclic) bond motifs is 3. The van der Waals surface area contributed by atoms with E-state index < -0.39 is 11.9 Å². The summed E-state index contributed by atoms with van der Waals surface area (Å²) < 4.78 is 8.57. The number of aryl methyl sites for hydroxylation is 1. The molecule has 0 aliphatic carbocycles. The maximum Gasteiger partial charge on any atom is 0.122 e. The minimum Gasteiger partial charge on any atom is -0.550 e. The van der Waals surface area contributed by atoms with Gasteiger partial charge in [0.15, 0.2) is 0 Å². The second-order valence-corrected chi connectivity index (χ2v) is 11.3. The van der Waals surface area contributed by atoms with E-state index in [9.17, 15) is 9.90 Å². The van der Waals surface area contributed by atoms with Gasteiger partial charge in [-0.25, -0.2) is 0 Å². The third kappa shape index (κ3) is 4.74. The fourth-order valence-electron chi connectivity index (χ4n) is 5.13. The molecule has 0 bridgehead atoms. The van der Waals surface area contributed by atoms with Gasteiger partial charge in [-0.2, -0.15) is 0 Å². The Morgan fingerprint density at radius 2 is 1.83 bits per heavy atom. The van der Waals surface area contributed by atoms with E-state index in [-0.39, 0.29) is 11.8 Å². The number of carbonyl (C=O) groups is 1. The van der Waals surface area contributed by atoms with Crippen LogP contribution in [0.4, 0.5) is 0 Å². The topological polar surface area (TPSA) is 54.3 Å². The molecule has 0 radical (unpaired) electrons. The van der Waals surface area contributed by atoms with Crippen LogP contribution in [-0.4, -0.2) is 10.5 Å². The number of hydrogen-bond acceptors (Lipinski definition) is 4. The van der Waals surface area contributed by atoms with Crippen molar-refractivity contribution in [3.05, 3.63) is 88.6 Å². The lowest BCUT2D eigenvalue weighted by molar-refractivity contribution is -0.311. The second kappa shape index (κ2) is 10.2. The minimum atomic E-state index is -1.00. The first-order chi connectivity index (χ1) is 17.3. The van der Waals surface area contributed by atoms with Crippen LogP contribution in [0.5, 0.6) is 5.75 Å². The first-order valence-electron chi connectivity index (χ1n) is 12.3. The van der Waals surface area contributed by atoms with Gasteiger partial charge in [0.25, 0.3) is 0 Å². The van der Waals surface area contributed by atoms with Crippen molar-refractivity contribution in [2.75, 3.05) is 0 Å². The highest BCUT2D eigenvalue weighted by atomic mass is 35.5. The van der Waals surface area contributed by atoms with Crippen LogP contribution in [0.15, 0.2) is 76.5 Å². The molecule has 3 aromatic carbocycles. The molecule has 0 spiro atoms. The van der Waals surface area contributed by atoms with Crippen LogP contribution < -0.4 is 9.84 Å². The van der Waals surface area contributed by atoms with Gasteiger partial charge in [-0.3, -0.25) is 0 Å². The Labute approximate surface area is 221 Å². The molecule has 6 heteroatoms. The van der Waals surface area contributed by atoms with Gasteiger partial charge in [-0.05, 0) is 53.8 Å². The normalized spacial score (nSPS) is 15.9. The third-order valence-electron chi connectivity index (χ3n) is 7.06. The number of carboxylic acids is 1. The van der Waals surface area contributed by atoms with Gasteiger partial charge in [0.05, 0.1) is 5.52 Å². The summed E-state index contributed by atoms with van der Waals surface area (Å²) >= 11 is 7.83. The van der Waals surface area contributed by atoms with E-state index in [4.69, 9.17) is 16.3 Å². The highest BCUT2D eigenvalue weighted by Crippen LogP contribution is 2.50. The first-order valence-corrected chi connectivity index (χ1v) is 13.5. The molecule has 36 heavy (non-hydrogen) atoms. The number of rotatable bonds is 8. The molecule has 1 aromatic heterocycles. The number of halogens is 1. The van der Waals surface area contributed by atoms with E-state index in [1.807, 2.05) is 42.5 Å². The van der Waals surface area contributed by atoms with Crippen molar-refractivity contribution in [2.45, 2.75) is 62.0 Å². The zero-order valence-electron chi connectivity index (χ0n) is 20.7. The Balaban J connectivity index is 1.66. The zero-order chi connectivity index (χ0) is 25.4. The van der Waals surface area contributed by atoms with Gasteiger partial charge in [-0.1, -0.05) is 74.5 Å². The number of nitrogens with zero attached hydrogens (tertiary/aromatic N) is 1. The highest BCUT2D eigenvalue weighted by molar-refractivity contribution is 7.99. The van der Waals surface area contributed by atoms with E-state index in [2.05, 4.69) is 42.7 Å². The largest absolute Gasteiger partial charge is 0.550 e. The molecule has 1 aliphatic heterocycles. The van der Waals surface area contributed by atoms with Gasteiger partial charge >= 0.3 is 0 Å². The predicted molar refractivity (Wildman–Crippen MR) is 144 cm³/mol. The molecule has 0 saturated heterocycles. The van der Waals surface area contributed by atoms with Gasteiger partial charge in [0.2, 0.25) is 0 Å². The molecule has 5 rings (SSSR count). The molecule has 2 unspecified atom stereocenters. The molecule has 0 fully saturated rings. The van der Waals surface area contributed by atoms with E-state index in [1.54, 1.807) is 18.7 Å². The summed E-state index contributed by atoms with van der Waals surface area (Å²) in [7, 11) is 0. The zero-order valence-corrected chi connectivity index (χ0v) is 22.2. The molecule has 4 nitrogen and oxygen atoms in total. The molecule has 2 atom stereocenters. The highest BCUT2D eigenvalue weighted by Gasteiger charge is 2.35. The monoisotopic (exact) mass is 518 g/mol. The smallest absolute Gasteiger partial charge is 0.122 e. The van der Waals surface area contributed by atoms with Crippen molar-refractivity contribution in [1.29, 1.82) is 0 Å². The van der Waals surface area contributed by atoms with Crippen molar-refractivity contribution in [3.8, 4) is 5.75 Å². The molecule has 2 heterocycles. The molecule has 1 aliphatic rings. The number of carbonyl (C=O) groups excluding carboxylic acids is 1. The van der Waals surface area contributed by atoms with Crippen LogP contribution in [-0.2, 0) is 17.9 Å².